The van der Waals surface area contributed by atoms with Gasteiger partial charge < -0.3 is 10.5 Å². The van der Waals surface area contributed by atoms with E-state index >= 15 is 0 Å². The first-order chi connectivity index (χ1) is 8.47. The maximum atomic E-state index is 6.08. The standard InChI is InChI=1S/C12H7BrCl2INO/c13-7-4-9(15)12(5-8(7)14)18-11-2-1-6(16)3-10(11)17/h1-5H,17H2. The molecule has 2 N–H and O–H groups in total. The van der Waals surface area contributed by atoms with Crippen LogP contribution in [0.5, 0.6) is 11.5 Å². The number of nitrogen functional groups attached to an aromatic ring is 1. The number of benzene rings is 2. The third kappa shape index (κ3) is 3.23. The average Bonchev–Trinajstić information content (AvgIpc) is 2.29. The molecule has 2 rings (SSSR count). The Bertz CT molecular complexity index is 607. The van der Waals surface area contributed by atoms with Gasteiger partial charge in [-0.3, -0.25) is 0 Å². The van der Waals surface area contributed by atoms with Gasteiger partial charge in [0.05, 0.1) is 15.7 Å². The number of halogens is 4. The van der Waals surface area contributed by atoms with E-state index in [1.54, 1.807) is 18.2 Å². The summed E-state index contributed by atoms with van der Waals surface area (Å²) in [6.45, 7) is 0. The molecule has 2 nitrogen and oxygen atoms in total. The van der Waals surface area contributed by atoms with Crippen molar-refractivity contribution in [2.45, 2.75) is 0 Å². The molecular formula is C12H7BrCl2INO. The normalized spacial score (nSPS) is 10.4. The second-order valence-corrected chi connectivity index (χ2v) is 6.40. The monoisotopic (exact) mass is 457 g/mol. The molecular weight excluding hydrogens is 452 g/mol. The molecule has 0 fully saturated rings. The van der Waals surface area contributed by atoms with Gasteiger partial charge in [-0.15, -0.1) is 0 Å². The molecule has 0 radical (unpaired) electrons. The number of nitrogens with two attached hydrogens (primary N) is 1. The Labute approximate surface area is 137 Å². The molecule has 0 heterocycles. The quantitative estimate of drug-likeness (QED) is 0.354. The van der Waals surface area contributed by atoms with E-state index in [2.05, 4.69) is 38.5 Å². The first-order valence-electron chi connectivity index (χ1n) is 4.85. The summed E-state index contributed by atoms with van der Waals surface area (Å²) in [5, 5.41) is 0.989. The smallest absolute Gasteiger partial charge is 0.150 e. The lowest BCUT2D eigenvalue weighted by Gasteiger charge is -2.11. The minimum Gasteiger partial charge on any atom is -0.454 e. The summed E-state index contributed by atoms with van der Waals surface area (Å²) < 4.78 is 7.42. The highest BCUT2D eigenvalue weighted by Gasteiger charge is 2.09. The summed E-state index contributed by atoms with van der Waals surface area (Å²) in [4.78, 5) is 0. The molecule has 0 saturated heterocycles. The molecule has 2 aromatic rings. The molecule has 0 atom stereocenters. The third-order valence-electron chi connectivity index (χ3n) is 2.17. The molecule has 0 unspecified atom stereocenters. The number of anilines is 1. The predicted molar refractivity (Wildman–Crippen MR) is 87.8 cm³/mol. The van der Waals surface area contributed by atoms with Gasteiger partial charge in [0.15, 0.2) is 0 Å². The van der Waals surface area contributed by atoms with Crippen molar-refractivity contribution in [2.24, 2.45) is 0 Å². The van der Waals surface area contributed by atoms with Gasteiger partial charge in [0, 0.05) is 14.1 Å². The minimum absolute atomic E-state index is 0.462. The van der Waals surface area contributed by atoms with Crippen molar-refractivity contribution in [1.82, 2.24) is 0 Å². The Kier molecular flexibility index (Phi) is 4.64. The summed E-state index contributed by atoms with van der Waals surface area (Å²) in [6, 6.07) is 8.85. The fourth-order valence-corrected chi connectivity index (χ4v) is 2.66. The maximum Gasteiger partial charge on any atom is 0.150 e. The largest absolute Gasteiger partial charge is 0.454 e. The fraction of sp³-hybridized carbons (Fsp3) is 0. The molecule has 2 aromatic carbocycles. The van der Waals surface area contributed by atoms with E-state index in [1.165, 1.54) is 0 Å². The van der Waals surface area contributed by atoms with Crippen LogP contribution in [-0.4, -0.2) is 0 Å². The molecule has 0 aliphatic carbocycles. The van der Waals surface area contributed by atoms with Gasteiger partial charge in [0.25, 0.3) is 0 Å². The third-order valence-corrected chi connectivity index (χ3v) is 4.33. The van der Waals surface area contributed by atoms with Gasteiger partial charge in [0.1, 0.15) is 11.5 Å². The Morgan fingerprint density at radius 2 is 1.78 bits per heavy atom. The van der Waals surface area contributed by atoms with Gasteiger partial charge in [-0.25, -0.2) is 0 Å². The highest BCUT2D eigenvalue weighted by Crippen LogP contribution is 2.38. The van der Waals surface area contributed by atoms with Crippen molar-refractivity contribution in [2.75, 3.05) is 5.73 Å². The van der Waals surface area contributed by atoms with Crippen LogP contribution in [0.4, 0.5) is 5.69 Å². The molecule has 18 heavy (non-hydrogen) atoms. The second kappa shape index (κ2) is 5.86. The second-order valence-electron chi connectivity index (χ2n) is 3.48. The lowest BCUT2D eigenvalue weighted by molar-refractivity contribution is 0.485. The zero-order valence-electron chi connectivity index (χ0n) is 8.88. The molecule has 0 saturated carbocycles. The highest BCUT2D eigenvalue weighted by atomic mass is 127. The number of hydrogen-bond acceptors (Lipinski definition) is 2. The molecule has 0 spiro atoms. The van der Waals surface area contributed by atoms with Crippen molar-refractivity contribution in [3.63, 3.8) is 0 Å². The average molecular weight is 459 g/mol. The summed E-state index contributed by atoms with van der Waals surface area (Å²) in [7, 11) is 0. The van der Waals surface area contributed by atoms with E-state index in [9.17, 15) is 0 Å². The van der Waals surface area contributed by atoms with Crippen molar-refractivity contribution in [3.05, 3.63) is 48.4 Å². The lowest BCUT2D eigenvalue weighted by Crippen LogP contribution is -1.93. The summed E-state index contributed by atoms with van der Waals surface area (Å²) in [5.74, 6) is 1.02. The van der Waals surface area contributed by atoms with E-state index in [0.29, 0.717) is 27.2 Å². The Morgan fingerprint density at radius 3 is 2.44 bits per heavy atom. The SMILES string of the molecule is Nc1cc(I)ccc1Oc1cc(Cl)c(Br)cc1Cl. The first kappa shape index (κ1) is 14.2. The van der Waals surface area contributed by atoms with Crippen LogP contribution in [0.1, 0.15) is 0 Å². The van der Waals surface area contributed by atoms with Crippen molar-refractivity contribution < 1.29 is 4.74 Å². The maximum absolute atomic E-state index is 6.08. The Hall–Kier alpha value is -0.170. The van der Waals surface area contributed by atoms with Gasteiger partial charge in [0.2, 0.25) is 0 Å². The van der Waals surface area contributed by atoms with Crippen LogP contribution in [0.2, 0.25) is 10.0 Å². The summed E-state index contributed by atoms with van der Waals surface area (Å²) in [5.41, 5.74) is 6.42. The number of hydrogen-bond donors (Lipinski definition) is 1. The molecule has 0 amide bonds. The zero-order valence-corrected chi connectivity index (χ0v) is 14.1. The van der Waals surface area contributed by atoms with Crippen LogP contribution >= 0.6 is 61.7 Å². The highest BCUT2D eigenvalue weighted by molar-refractivity contribution is 14.1. The Morgan fingerprint density at radius 1 is 1.06 bits per heavy atom. The van der Waals surface area contributed by atoms with E-state index in [4.69, 9.17) is 33.7 Å². The van der Waals surface area contributed by atoms with Crippen molar-refractivity contribution in [1.29, 1.82) is 0 Å². The predicted octanol–water partition coefficient (Wildman–Crippen LogP) is 5.74. The van der Waals surface area contributed by atoms with Crippen LogP contribution in [0.15, 0.2) is 34.8 Å². The molecule has 0 aliphatic heterocycles. The van der Waals surface area contributed by atoms with Crippen LogP contribution in [-0.2, 0) is 0 Å². The Balaban J connectivity index is 2.37. The van der Waals surface area contributed by atoms with E-state index < -0.39 is 0 Å². The number of rotatable bonds is 2. The molecule has 0 aliphatic rings. The molecule has 0 aromatic heterocycles. The van der Waals surface area contributed by atoms with Crippen molar-refractivity contribution >= 4 is 67.4 Å². The fourth-order valence-electron chi connectivity index (χ4n) is 1.31. The molecule has 6 heteroatoms. The van der Waals surface area contributed by atoms with E-state index in [0.717, 1.165) is 8.04 Å². The number of ether oxygens (including phenoxy) is 1. The van der Waals surface area contributed by atoms with Crippen LogP contribution in [0, 0.1) is 3.57 Å². The molecule has 94 valence electrons. The summed E-state index contributed by atoms with van der Waals surface area (Å²) in [6.07, 6.45) is 0. The minimum atomic E-state index is 0.462. The topological polar surface area (TPSA) is 35.2 Å². The van der Waals surface area contributed by atoms with Gasteiger partial charge in [-0.2, -0.15) is 0 Å². The van der Waals surface area contributed by atoms with Gasteiger partial charge >= 0.3 is 0 Å². The first-order valence-corrected chi connectivity index (χ1v) is 7.47. The van der Waals surface area contributed by atoms with E-state index in [1.807, 2.05) is 12.1 Å². The van der Waals surface area contributed by atoms with Crippen molar-refractivity contribution in [3.8, 4) is 11.5 Å². The lowest BCUT2D eigenvalue weighted by atomic mass is 10.3. The van der Waals surface area contributed by atoms with Gasteiger partial charge in [-0.05, 0) is 62.8 Å². The van der Waals surface area contributed by atoms with Crippen LogP contribution in [0.3, 0.4) is 0 Å². The van der Waals surface area contributed by atoms with E-state index in [-0.39, 0.29) is 0 Å². The summed E-state index contributed by atoms with van der Waals surface area (Å²) >= 11 is 17.6. The zero-order chi connectivity index (χ0) is 13.3. The van der Waals surface area contributed by atoms with Gasteiger partial charge in [-0.1, -0.05) is 23.2 Å². The van der Waals surface area contributed by atoms with Crippen LogP contribution in [0.25, 0.3) is 0 Å². The molecule has 0 bridgehead atoms. The van der Waals surface area contributed by atoms with Crippen LogP contribution < -0.4 is 10.5 Å².